The first-order chi connectivity index (χ1) is 9.64. The van der Waals surface area contributed by atoms with Crippen LogP contribution in [0.5, 0.6) is 5.75 Å². The van der Waals surface area contributed by atoms with Gasteiger partial charge >= 0.3 is 0 Å². The minimum Gasteiger partial charge on any atom is -0.491 e. The first-order valence-corrected chi connectivity index (χ1v) is 6.92. The van der Waals surface area contributed by atoms with Gasteiger partial charge in [0.25, 0.3) is 0 Å². The summed E-state index contributed by atoms with van der Waals surface area (Å²) >= 11 is 0. The summed E-state index contributed by atoms with van der Waals surface area (Å²) in [5.41, 5.74) is 0.331. The highest BCUT2D eigenvalue weighted by Crippen LogP contribution is 2.22. The van der Waals surface area contributed by atoms with Gasteiger partial charge in [0.15, 0.2) is 0 Å². The summed E-state index contributed by atoms with van der Waals surface area (Å²) in [6.45, 7) is 3.92. The van der Waals surface area contributed by atoms with Crippen LogP contribution in [-0.2, 0) is 9.53 Å². The third-order valence-corrected chi connectivity index (χ3v) is 3.54. The number of carbonyl (C=O) groups excluding carboxylic acids is 1. The fourth-order valence-electron chi connectivity index (χ4n) is 2.23. The summed E-state index contributed by atoms with van der Waals surface area (Å²) in [6, 6.07) is 7.38. The highest BCUT2D eigenvalue weighted by molar-refractivity contribution is 5.98. The maximum Gasteiger partial charge on any atom is 0.244 e. The molecular weight excluding hydrogens is 256 g/mol. The number of carbonyl (C=O) groups is 1. The lowest BCUT2D eigenvalue weighted by Gasteiger charge is -2.23. The highest BCUT2D eigenvalue weighted by Gasteiger charge is 2.35. The van der Waals surface area contributed by atoms with Gasteiger partial charge in [-0.3, -0.25) is 4.79 Å². The van der Waals surface area contributed by atoms with E-state index in [1.807, 2.05) is 31.2 Å². The van der Waals surface area contributed by atoms with Crippen LogP contribution in [0.4, 0.5) is 5.69 Å². The summed E-state index contributed by atoms with van der Waals surface area (Å²) in [4.78, 5) is 12.2. The predicted octanol–water partition coefficient (Wildman–Crippen LogP) is 1.79. The summed E-state index contributed by atoms with van der Waals surface area (Å²) in [6.07, 6.45) is 1.91. The molecule has 1 saturated heterocycles. The first kappa shape index (κ1) is 14.8. The van der Waals surface area contributed by atoms with Gasteiger partial charge in [-0.15, -0.1) is 0 Å². The van der Waals surface area contributed by atoms with Crippen LogP contribution in [0.15, 0.2) is 24.3 Å². The van der Waals surface area contributed by atoms with Crippen molar-refractivity contribution >= 4 is 11.6 Å². The number of methoxy groups -OCH3 is 1. The summed E-state index contributed by atoms with van der Waals surface area (Å²) in [5.74, 6) is 0.785. The maximum atomic E-state index is 12.2. The van der Waals surface area contributed by atoms with E-state index in [1.54, 1.807) is 7.11 Å². The van der Waals surface area contributed by atoms with Crippen LogP contribution in [0.1, 0.15) is 19.8 Å². The minimum atomic E-state index is -0.451. The van der Waals surface area contributed by atoms with Gasteiger partial charge in [0.1, 0.15) is 12.4 Å². The largest absolute Gasteiger partial charge is 0.491 e. The molecule has 1 unspecified atom stereocenters. The van der Waals surface area contributed by atoms with Crippen LogP contribution in [0.3, 0.4) is 0 Å². The molecule has 1 atom stereocenters. The number of rotatable bonds is 6. The number of benzene rings is 1. The van der Waals surface area contributed by atoms with Gasteiger partial charge in [-0.1, -0.05) is 0 Å². The van der Waals surface area contributed by atoms with E-state index >= 15 is 0 Å². The molecule has 1 amide bonds. The summed E-state index contributed by atoms with van der Waals surface area (Å²) < 4.78 is 10.4. The van der Waals surface area contributed by atoms with E-state index in [4.69, 9.17) is 9.47 Å². The van der Waals surface area contributed by atoms with Crippen LogP contribution in [-0.4, -0.2) is 38.3 Å². The SMILES string of the molecule is COCCOc1ccc(NC(=O)C2(C)CCCN2)cc1. The van der Waals surface area contributed by atoms with Crippen molar-refractivity contribution in [3.63, 3.8) is 0 Å². The molecule has 0 aliphatic carbocycles. The standard InChI is InChI=1S/C15H22N2O3/c1-15(8-3-9-16-15)14(18)17-12-4-6-13(7-5-12)20-11-10-19-2/h4-7,16H,3,8-11H2,1-2H3,(H,17,18). The normalized spacial score (nSPS) is 21.7. The highest BCUT2D eigenvalue weighted by atomic mass is 16.5. The van der Waals surface area contributed by atoms with Crippen molar-refractivity contribution in [3.8, 4) is 5.75 Å². The lowest BCUT2D eigenvalue weighted by Crippen LogP contribution is -2.47. The van der Waals surface area contributed by atoms with Crippen molar-refractivity contribution < 1.29 is 14.3 Å². The van der Waals surface area contributed by atoms with Gasteiger partial charge in [-0.25, -0.2) is 0 Å². The maximum absolute atomic E-state index is 12.2. The van der Waals surface area contributed by atoms with Gasteiger partial charge in [0.2, 0.25) is 5.91 Å². The van der Waals surface area contributed by atoms with Crippen molar-refractivity contribution in [1.29, 1.82) is 0 Å². The molecule has 1 aliphatic rings. The number of anilines is 1. The van der Waals surface area contributed by atoms with Gasteiger partial charge in [-0.2, -0.15) is 0 Å². The molecule has 1 aliphatic heterocycles. The zero-order valence-electron chi connectivity index (χ0n) is 12.1. The van der Waals surface area contributed by atoms with Crippen molar-refractivity contribution in [2.75, 3.05) is 32.2 Å². The Kier molecular flexibility index (Phi) is 4.98. The van der Waals surface area contributed by atoms with E-state index in [9.17, 15) is 4.79 Å². The molecule has 0 radical (unpaired) electrons. The number of ether oxygens (including phenoxy) is 2. The van der Waals surface area contributed by atoms with Gasteiger partial charge < -0.3 is 20.1 Å². The molecule has 1 aromatic carbocycles. The van der Waals surface area contributed by atoms with Crippen LogP contribution >= 0.6 is 0 Å². The summed E-state index contributed by atoms with van der Waals surface area (Å²) in [7, 11) is 1.64. The Labute approximate surface area is 119 Å². The van der Waals surface area contributed by atoms with Crippen molar-refractivity contribution in [1.82, 2.24) is 5.32 Å². The van der Waals surface area contributed by atoms with Crippen molar-refractivity contribution in [2.45, 2.75) is 25.3 Å². The van der Waals surface area contributed by atoms with Crippen LogP contribution < -0.4 is 15.4 Å². The topological polar surface area (TPSA) is 59.6 Å². The van der Waals surface area contributed by atoms with E-state index in [0.29, 0.717) is 13.2 Å². The Morgan fingerprint density at radius 2 is 2.10 bits per heavy atom. The molecule has 2 N–H and O–H groups in total. The second-order valence-electron chi connectivity index (χ2n) is 5.18. The van der Waals surface area contributed by atoms with Crippen LogP contribution in [0.2, 0.25) is 0 Å². The Morgan fingerprint density at radius 1 is 1.35 bits per heavy atom. The predicted molar refractivity (Wildman–Crippen MR) is 78.1 cm³/mol. The van der Waals surface area contributed by atoms with Gasteiger partial charge in [0.05, 0.1) is 12.1 Å². The Bertz CT molecular complexity index is 439. The molecule has 0 saturated carbocycles. The summed E-state index contributed by atoms with van der Waals surface area (Å²) in [5, 5.41) is 6.19. The third-order valence-electron chi connectivity index (χ3n) is 3.54. The van der Waals surface area contributed by atoms with E-state index in [2.05, 4.69) is 10.6 Å². The Balaban J connectivity index is 1.88. The molecule has 20 heavy (non-hydrogen) atoms. The fraction of sp³-hybridized carbons (Fsp3) is 0.533. The van der Waals surface area contributed by atoms with E-state index < -0.39 is 5.54 Å². The lowest BCUT2D eigenvalue weighted by atomic mass is 9.99. The molecule has 5 nitrogen and oxygen atoms in total. The molecule has 0 spiro atoms. The Hall–Kier alpha value is -1.59. The van der Waals surface area contributed by atoms with Crippen molar-refractivity contribution in [2.24, 2.45) is 0 Å². The first-order valence-electron chi connectivity index (χ1n) is 6.92. The molecule has 110 valence electrons. The molecule has 2 rings (SSSR count). The van der Waals surface area contributed by atoms with E-state index in [1.165, 1.54) is 0 Å². The average molecular weight is 278 g/mol. The monoisotopic (exact) mass is 278 g/mol. The minimum absolute atomic E-state index is 0.0167. The lowest BCUT2D eigenvalue weighted by molar-refractivity contribution is -0.121. The molecule has 5 heteroatoms. The smallest absolute Gasteiger partial charge is 0.244 e. The number of hydrogen-bond donors (Lipinski definition) is 2. The van der Waals surface area contributed by atoms with E-state index in [-0.39, 0.29) is 5.91 Å². The molecule has 1 heterocycles. The second kappa shape index (κ2) is 6.72. The molecular formula is C15H22N2O3. The van der Waals surface area contributed by atoms with Crippen LogP contribution in [0.25, 0.3) is 0 Å². The number of nitrogens with one attached hydrogen (secondary N) is 2. The number of hydrogen-bond acceptors (Lipinski definition) is 4. The van der Waals surface area contributed by atoms with Crippen LogP contribution in [0, 0.1) is 0 Å². The third kappa shape index (κ3) is 3.71. The number of amides is 1. The molecule has 0 bridgehead atoms. The molecule has 1 fully saturated rings. The van der Waals surface area contributed by atoms with E-state index in [0.717, 1.165) is 30.8 Å². The molecule has 1 aromatic rings. The fourth-order valence-corrected chi connectivity index (χ4v) is 2.23. The average Bonchev–Trinajstić information content (AvgIpc) is 2.89. The molecule has 0 aromatic heterocycles. The quantitative estimate of drug-likeness (QED) is 0.779. The van der Waals surface area contributed by atoms with Crippen molar-refractivity contribution in [3.05, 3.63) is 24.3 Å². The Morgan fingerprint density at radius 3 is 2.70 bits per heavy atom. The van der Waals surface area contributed by atoms with Gasteiger partial charge in [-0.05, 0) is 50.6 Å². The van der Waals surface area contributed by atoms with Gasteiger partial charge in [0, 0.05) is 12.8 Å². The zero-order chi connectivity index (χ0) is 14.4. The second-order valence-corrected chi connectivity index (χ2v) is 5.18. The zero-order valence-corrected chi connectivity index (χ0v) is 12.1.